The Balaban J connectivity index is 1.78. The van der Waals surface area contributed by atoms with E-state index in [2.05, 4.69) is 20.3 Å². The molecule has 3 rings (SSSR count). The molecule has 7 heteroatoms. The van der Waals surface area contributed by atoms with E-state index in [1.165, 1.54) is 5.56 Å². The van der Waals surface area contributed by atoms with Gasteiger partial charge in [-0.1, -0.05) is 0 Å². The average molecular weight is 366 g/mol. The Bertz CT molecular complexity index is 862. The van der Waals surface area contributed by atoms with E-state index in [9.17, 15) is 0 Å². The van der Waals surface area contributed by atoms with Crippen LogP contribution in [0.4, 0.5) is 5.82 Å². The molecule has 1 N–H and O–H groups in total. The normalized spacial score (nSPS) is 10.3. The van der Waals surface area contributed by atoms with Crippen molar-refractivity contribution >= 4 is 5.82 Å². The highest BCUT2D eigenvalue weighted by atomic mass is 16.5. The van der Waals surface area contributed by atoms with Crippen molar-refractivity contribution in [1.82, 2.24) is 15.0 Å². The zero-order valence-electron chi connectivity index (χ0n) is 15.6. The van der Waals surface area contributed by atoms with E-state index < -0.39 is 0 Å². The van der Waals surface area contributed by atoms with Crippen LogP contribution in [0.5, 0.6) is 17.2 Å². The molecule has 0 saturated carbocycles. The molecule has 140 valence electrons. The molecule has 0 radical (unpaired) electrons. The van der Waals surface area contributed by atoms with E-state index in [1.807, 2.05) is 24.3 Å². The Kier molecular flexibility index (Phi) is 6.04. The molecule has 2 aromatic heterocycles. The van der Waals surface area contributed by atoms with Gasteiger partial charge in [0.1, 0.15) is 5.82 Å². The van der Waals surface area contributed by atoms with E-state index >= 15 is 0 Å². The van der Waals surface area contributed by atoms with Crippen molar-refractivity contribution in [3.05, 3.63) is 54.6 Å². The molecule has 0 fully saturated rings. The zero-order valence-corrected chi connectivity index (χ0v) is 15.6. The Morgan fingerprint density at radius 2 is 1.59 bits per heavy atom. The fourth-order valence-electron chi connectivity index (χ4n) is 2.70. The molecule has 0 amide bonds. The smallest absolute Gasteiger partial charge is 0.203 e. The number of nitrogens with zero attached hydrogens (tertiary/aromatic N) is 3. The number of aromatic nitrogens is 3. The van der Waals surface area contributed by atoms with Gasteiger partial charge in [0.2, 0.25) is 5.75 Å². The second-order valence-corrected chi connectivity index (χ2v) is 5.74. The van der Waals surface area contributed by atoms with Crippen molar-refractivity contribution < 1.29 is 14.2 Å². The van der Waals surface area contributed by atoms with Crippen molar-refractivity contribution in [2.75, 3.05) is 33.2 Å². The lowest BCUT2D eigenvalue weighted by atomic mass is 10.1. The summed E-state index contributed by atoms with van der Waals surface area (Å²) >= 11 is 0. The molecule has 27 heavy (non-hydrogen) atoms. The second-order valence-electron chi connectivity index (χ2n) is 5.74. The van der Waals surface area contributed by atoms with Crippen LogP contribution in [0.1, 0.15) is 5.56 Å². The van der Waals surface area contributed by atoms with Crippen LogP contribution in [0.25, 0.3) is 11.3 Å². The summed E-state index contributed by atoms with van der Waals surface area (Å²) in [6, 6.07) is 7.71. The number of methoxy groups -OCH3 is 3. The number of ether oxygens (including phenoxy) is 3. The number of nitrogens with one attached hydrogen (secondary N) is 1. The summed E-state index contributed by atoms with van der Waals surface area (Å²) in [5.74, 6) is 2.40. The summed E-state index contributed by atoms with van der Waals surface area (Å²) in [6.07, 6.45) is 7.86. The minimum atomic E-state index is 0.545. The summed E-state index contributed by atoms with van der Waals surface area (Å²) < 4.78 is 16.2. The van der Waals surface area contributed by atoms with Crippen LogP contribution in [-0.4, -0.2) is 42.8 Å². The average Bonchev–Trinajstić information content (AvgIpc) is 2.73. The highest BCUT2D eigenvalue weighted by Crippen LogP contribution is 2.40. The van der Waals surface area contributed by atoms with Gasteiger partial charge in [0.05, 0.1) is 39.4 Å². The first kappa shape index (κ1) is 18.4. The van der Waals surface area contributed by atoms with Gasteiger partial charge < -0.3 is 19.5 Å². The summed E-state index contributed by atoms with van der Waals surface area (Å²) in [7, 11) is 4.75. The molecule has 7 nitrogen and oxygen atoms in total. The van der Waals surface area contributed by atoms with Gasteiger partial charge in [-0.15, -0.1) is 0 Å². The topological polar surface area (TPSA) is 78.4 Å². The first-order valence-electron chi connectivity index (χ1n) is 8.50. The lowest BCUT2D eigenvalue weighted by Gasteiger charge is -2.14. The van der Waals surface area contributed by atoms with E-state index in [0.717, 1.165) is 18.5 Å². The van der Waals surface area contributed by atoms with Gasteiger partial charge >= 0.3 is 0 Å². The molecular formula is C20H22N4O3. The monoisotopic (exact) mass is 366 g/mol. The fourth-order valence-corrected chi connectivity index (χ4v) is 2.70. The predicted octanol–water partition coefficient (Wildman–Crippen LogP) is 3.22. The van der Waals surface area contributed by atoms with Crippen LogP contribution < -0.4 is 19.5 Å². The molecule has 2 heterocycles. The van der Waals surface area contributed by atoms with Gasteiger partial charge in [0.15, 0.2) is 11.5 Å². The third-order valence-electron chi connectivity index (χ3n) is 4.06. The molecule has 0 unspecified atom stereocenters. The maximum Gasteiger partial charge on any atom is 0.203 e. The molecule has 0 aliphatic carbocycles. The van der Waals surface area contributed by atoms with Crippen LogP contribution in [-0.2, 0) is 6.42 Å². The number of rotatable bonds is 8. The quantitative estimate of drug-likeness (QED) is 0.656. The molecule has 1 aromatic carbocycles. The van der Waals surface area contributed by atoms with E-state index in [0.29, 0.717) is 28.8 Å². The van der Waals surface area contributed by atoms with Crippen molar-refractivity contribution in [3.63, 3.8) is 0 Å². The van der Waals surface area contributed by atoms with Crippen molar-refractivity contribution in [1.29, 1.82) is 0 Å². The molecule has 3 aromatic rings. The van der Waals surface area contributed by atoms with Crippen LogP contribution in [0.15, 0.2) is 49.1 Å². The highest BCUT2D eigenvalue weighted by Gasteiger charge is 2.15. The minimum Gasteiger partial charge on any atom is -0.493 e. The lowest BCUT2D eigenvalue weighted by Crippen LogP contribution is -2.07. The second kappa shape index (κ2) is 8.84. The Morgan fingerprint density at radius 1 is 0.889 bits per heavy atom. The first-order chi connectivity index (χ1) is 13.2. The fraction of sp³-hybridized carbons (Fsp3) is 0.250. The predicted molar refractivity (Wildman–Crippen MR) is 104 cm³/mol. The van der Waals surface area contributed by atoms with Gasteiger partial charge in [-0.2, -0.15) is 0 Å². The molecule has 0 aliphatic heterocycles. The SMILES string of the molecule is COc1cc(-c2cncc(NCCc3ccncc3)n2)cc(OC)c1OC. The van der Waals surface area contributed by atoms with Crippen LogP contribution in [0, 0.1) is 0 Å². The van der Waals surface area contributed by atoms with E-state index in [4.69, 9.17) is 14.2 Å². The van der Waals surface area contributed by atoms with Crippen LogP contribution in [0.3, 0.4) is 0 Å². The summed E-state index contributed by atoms with van der Waals surface area (Å²) in [5, 5.41) is 3.30. The maximum atomic E-state index is 5.41. The summed E-state index contributed by atoms with van der Waals surface area (Å²) in [6.45, 7) is 0.747. The third-order valence-corrected chi connectivity index (χ3v) is 4.06. The third kappa shape index (κ3) is 4.44. The standard InChI is InChI=1S/C20H22N4O3/c1-25-17-10-15(11-18(26-2)20(17)27-3)16-12-22-13-19(24-16)23-9-6-14-4-7-21-8-5-14/h4-5,7-8,10-13H,6,9H2,1-3H3,(H,23,24). The zero-order chi connectivity index (χ0) is 19.1. The van der Waals surface area contributed by atoms with Gasteiger partial charge in [-0.3, -0.25) is 9.97 Å². The number of anilines is 1. The summed E-state index contributed by atoms with van der Waals surface area (Å²) in [4.78, 5) is 13.0. The van der Waals surface area contributed by atoms with Crippen LogP contribution in [0.2, 0.25) is 0 Å². The molecule has 0 bridgehead atoms. The number of hydrogen-bond acceptors (Lipinski definition) is 7. The molecule has 0 spiro atoms. The van der Waals surface area contributed by atoms with Crippen molar-refractivity contribution in [2.24, 2.45) is 0 Å². The number of pyridine rings is 1. The molecule has 0 aliphatic rings. The largest absolute Gasteiger partial charge is 0.493 e. The molecule has 0 saturated heterocycles. The van der Waals surface area contributed by atoms with Gasteiger partial charge in [0, 0.05) is 24.5 Å². The van der Waals surface area contributed by atoms with E-state index in [1.54, 1.807) is 46.1 Å². The highest BCUT2D eigenvalue weighted by molar-refractivity contribution is 5.69. The lowest BCUT2D eigenvalue weighted by molar-refractivity contribution is 0.324. The van der Waals surface area contributed by atoms with Gasteiger partial charge in [-0.25, -0.2) is 4.98 Å². The summed E-state index contributed by atoms with van der Waals surface area (Å²) in [5.41, 5.74) is 2.75. The molecule has 0 atom stereocenters. The first-order valence-corrected chi connectivity index (χ1v) is 8.50. The Labute approximate surface area is 158 Å². The Morgan fingerprint density at radius 3 is 2.22 bits per heavy atom. The maximum absolute atomic E-state index is 5.41. The van der Waals surface area contributed by atoms with Gasteiger partial charge in [0.25, 0.3) is 0 Å². The van der Waals surface area contributed by atoms with Crippen molar-refractivity contribution in [2.45, 2.75) is 6.42 Å². The minimum absolute atomic E-state index is 0.545. The van der Waals surface area contributed by atoms with Gasteiger partial charge in [-0.05, 0) is 36.2 Å². The van der Waals surface area contributed by atoms with Crippen LogP contribution >= 0.6 is 0 Å². The number of hydrogen-bond donors (Lipinski definition) is 1. The van der Waals surface area contributed by atoms with E-state index in [-0.39, 0.29) is 0 Å². The van der Waals surface area contributed by atoms with Crippen molar-refractivity contribution in [3.8, 4) is 28.5 Å². The molecular weight excluding hydrogens is 344 g/mol. The Hall–Kier alpha value is -3.35. The number of benzene rings is 1.